The highest BCUT2D eigenvalue weighted by atomic mass is 16.5. The van der Waals surface area contributed by atoms with Gasteiger partial charge in [0.25, 0.3) is 0 Å². The van der Waals surface area contributed by atoms with Crippen LogP contribution in [0.1, 0.15) is 63.0 Å². The quantitative estimate of drug-likeness (QED) is 0.472. The topological polar surface area (TPSA) is 9.23 Å². The molecule has 0 amide bonds. The fraction of sp³-hybridized carbons (Fsp3) is 0.444. The number of fused-ring (bicyclic) bond motifs is 4. The van der Waals surface area contributed by atoms with Crippen LogP contribution >= 0.6 is 0 Å². The van der Waals surface area contributed by atoms with Crippen LogP contribution in [0.3, 0.4) is 0 Å². The Morgan fingerprint density at radius 2 is 2.00 bits per heavy atom. The maximum Gasteiger partial charge on any atom is 0.129 e. The first-order chi connectivity index (χ1) is 9.35. The zero-order valence-corrected chi connectivity index (χ0v) is 12.1. The summed E-state index contributed by atoms with van der Waals surface area (Å²) in [5, 5.41) is 0. The van der Waals surface area contributed by atoms with Crippen LogP contribution < -0.4 is 0 Å². The Morgan fingerprint density at radius 3 is 2.68 bits per heavy atom. The lowest BCUT2D eigenvalue weighted by atomic mass is 9.89. The SMILES string of the molecule is CCCC/C=C/O/C1=C/CC(CC)c2ccc1cc2. The molecule has 0 N–H and O–H groups in total. The molecule has 3 rings (SSSR count). The molecule has 0 aliphatic heterocycles. The van der Waals surface area contributed by atoms with Gasteiger partial charge in [0.2, 0.25) is 0 Å². The first-order valence-electron chi connectivity index (χ1n) is 7.47. The lowest BCUT2D eigenvalue weighted by molar-refractivity contribution is 0.430. The van der Waals surface area contributed by atoms with E-state index in [2.05, 4.69) is 50.3 Å². The Morgan fingerprint density at radius 1 is 1.21 bits per heavy atom. The molecule has 2 bridgehead atoms. The lowest BCUT2D eigenvalue weighted by Crippen LogP contribution is -2.00. The van der Waals surface area contributed by atoms with Gasteiger partial charge in [-0.2, -0.15) is 0 Å². The van der Waals surface area contributed by atoms with E-state index in [0.29, 0.717) is 5.92 Å². The highest BCUT2D eigenvalue weighted by Gasteiger charge is 2.13. The molecule has 0 spiro atoms. The zero-order chi connectivity index (χ0) is 13.5. The van der Waals surface area contributed by atoms with Gasteiger partial charge < -0.3 is 4.74 Å². The van der Waals surface area contributed by atoms with Crippen LogP contribution in [0.2, 0.25) is 0 Å². The molecule has 2 aliphatic rings. The lowest BCUT2D eigenvalue weighted by Gasteiger charge is -2.18. The zero-order valence-electron chi connectivity index (χ0n) is 12.1. The average molecular weight is 256 g/mol. The van der Waals surface area contributed by atoms with Crippen molar-refractivity contribution in [1.29, 1.82) is 0 Å². The summed E-state index contributed by atoms with van der Waals surface area (Å²) >= 11 is 0. The number of unbranched alkanes of at least 4 members (excludes halogenated alkanes) is 2. The molecule has 0 saturated carbocycles. The van der Waals surface area contributed by atoms with Crippen molar-refractivity contribution in [2.24, 2.45) is 0 Å². The van der Waals surface area contributed by atoms with E-state index in [9.17, 15) is 0 Å². The van der Waals surface area contributed by atoms with E-state index < -0.39 is 0 Å². The predicted molar refractivity (Wildman–Crippen MR) is 81.8 cm³/mol. The Balaban J connectivity index is 2.05. The van der Waals surface area contributed by atoms with Crippen LogP contribution in [0.25, 0.3) is 5.76 Å². The Labute approximate surface area is 117 Å². The van der Waals surface area contributed by atoms with Gasteiger partial charge in [-0.1, -0.05) is 44.5 Å². The van der Waals surface area contributed by atoms with Crippen molar-refractivity contribution in [3.63, 3.8) is 0 Å². The fourth-order valence-corrected chi connectivity index (χ4v) is 2.45. The second-order valence-electron chi connectivity index (χ2n) is 5.16. The third kappa shape index (κ3) is 3.73. The largest absolute Gasteiger partial charge is 0.465 e. The van der Waals surface area contributed by atoms with E-state index in [1.807, 2.05) is 6.26 Å². The molecule has 1 aromatic carbocycles. The van der Waals surface area contributed by atoms with Gasteiger partial charge in [-0.15, -0.1) is 0 Å². The standard InChI is InChI=1S/C18H24O/c1-3-5-6-7-14-19-18-13-12-15(4-2)16-8-10-17(18)11-9-16/h7-11,13-15H,3-6,12H2,1-2H3/b14-7+,18-13+. The maximum atomic E-state index is 5.82. The summed E-state index contributed by atoms with van der Waals surface area (Å²) in [6.45, 7) is 4.46. The number of hydrogen-bond acceptors (Lipinski definition) is 1. The van der Waals surface area contributed by atoms with Crippen molar-refractivity contribution < 1.29 is 4.74 Å². The highest BCUT2D eigenvalue weighted by Crippen LogP contribution is 2.30. The first-order valence-corrected chi connectivity index (χ1v) is 7.47. The average Bonchev–Trinajstić information content (AvgIpc) is 2.43. The molecule has 19 heavy (non-hydrogen) atoms. The summed E-state index contributed by atoms with van der Waals surface area (Å²) < 4.78 is 5.82. The van der Waals surface area contributed by atoms with E-state index in [-0.39, 0.29) is 0 Å². The van der Waals surface area contributed by atoms with Crippen molar-refractivity contribution in [2.45, 2.75) is 51.9 Å². The van der Waals surface area contributed by atoms with Crippen molar-refractivity contribution >= 4 is 5.76 Å². The Hall–Kier alpha value is -1.50. The van der Waals surface area contributed by atoms with E-state index in [1.54, 1.807) is 0 Å². The smallest absolute Gasteiger partial charge is 0.129 e. The molecule has 0 saturated heterocycles. The minimum atomic E-state index is 0.622. The molecule has 0 aromatic heterocycles. The van der Waals surface area contributed by atoms with Gasteiger partial charge in [0.05, 0.1) is 6.26 Å². The van der Waals surface area contributed by atoms with Crippen LogP contribution in [0.5, 0.6) is 0 Å². The van der Waals surface area contributed by atoms with Gasteiger partial charge >= 0.3 is 0 Å². The van der Waals surface area contributed by atoms with Gasteiger partial charge in [-0.25, -0.2) is 0 Å². The minimum Gasteiger partial charge on any atom is -0.465 e. The fourth-order valence-electron chi connectivity index (χ4n) is 2.45. The van der Waals surface area contributed by atoms with Crippen LogP contribution in [0.15, 0.2) is 42.7 Å². The van der Waals surface area contributed by atoms with Crippen molar-refractivity contribution in [3.8, 4) is 0 Å². The highest BCUT2D eigenvalue weighted by molar-refractivity contribution is 5.61. The van der Waals surface area contributed by atoms with Crippen molar-refractivity contribution in [2.75, 3.05) is 0 Å². The molecule has 1 nitrogen and oxygen atoms in total. The number of allylic oxidation sites excluding steroid dienone is 2. The summed E-state index contributed by atoms with van der Waals surface area (Å²) in [6, 6.07) is 8.81. The second kappa shape index (κ2) is 7.18. The molecule has 0 fully saturated rings. The summed E-state index contributed by atoms with van der Waals surface area (Å²) in [5.41, 5.74) is 2.62. The monoisotopic (exact) mass is 256 g/mol. The van der Waals surface area contributed by atoms with Crippen molar-refractivity contribution in [3.05, 3.63) is 53.8 Å². The molecular formula is C18H24O. The summed E-state index contributed by atoms with van der Waals surface area (Å²) in [5.74, 6) is 1.62. The number of hydrogen-bond donors (Lipinski definition) is 0. The Kier molecular flexibility index (Phi) is 5.26. The van der Waals surface area contributed by atoms with E-state index in [4.69, 9.17) is 4.74 Å². The molecule has 102 valence electrons. The Bertz CT molecular complexity index is 439. The van der Waals surface area contributed by atoms with Crippen LogP contribution in [-0.2, 0) is 4.74 Å². The van der Waals surface area contributed by atoms with E-state index in [0.717, 1.165) is 18.6 Å². The number of benzene rings is 1. The summed E-state index contributed by atoms with van der Waals surface area (Å²) in [7, 11) is 0. The molecule has 1 heteroatoms. The second-order valence-corrected chi connectivity index (χ2v) is 5.16. The van der Waals surface area contributed by atoms with Gasteiger partial charge in [0.15, 0.2) is 0 Å². The maximum absolute atomic E-state index is 5.82. The van der Waals surface area contributed by atoms with Gasteiger partial charge in [-0.05, 0) is 49.3 Å². The molecule has 1 atom stereocenters. The molecule has 0 heterocycles. The molecule has 2 aliphatic carbocycles. The number of ether oxygens (including phenoxy) is 1. The van der Waals surface area contributed by atoms with Crippen molar-refractivity contribution in [1.82, 2.24) is 0 Å². The summed E-state index contributed by atoms with van der Waals surface area (Å²) in [6.07, 6.45) is 12.0. The predicted octanol–water partition coefficient (Wildman–Crippen LogP) is 5.65. The molecule has 1 unspecified atom stereocenters. The van der Waals surface area contributed by atoms with Gasteiger partial charge in [-0.3, -0.25) is 0 Å². The van der Waals surface area contributed by atoms with Gasteiger partial charge in [0, 0.05) is 5.56 Å². The molecular weight excluding hydrogens is 232 g/mol. The van der Waals surface area contributed by atoms with E-state index in [1.165, 1.54) is 30.4 Å². The van der Waals surface area contributed by atoms with Gasteiger partial charge in [0.1, 0.15) is 5.76 Å². The molecule has 1 aromatic rings. The van der Waals surface area contributed by atoms with E-state index >= 15 is 0 Å². The van der Waals surface area contributed by atoms with Crippen LogP contribution in [0, 0.1) is 0 Å². The molecule has 0 radical (unpaired) electrons. The van der Waals surface area contributed by atoms with Crippen LogP contribution in [0.4, 0.5) is 0 Å². The normalized spacial score (nSPS) is 20.9. The first kappa shape index (κ1) is 13.9. The number of rotatable bonds is 6. The minimum absolute atomic E-state index is 0.622. The third-order valence-corrected chi connectivity index (χ3v) is 3.76. The third-order valence-electron chi connectivity index (χ3n) is 3.76. The van der Waals surface area contributed by atoms with Crippen LogP contribution in [-0.4, -0.2) is 0 Å². The summed E-state index contributed by atoms with van der Waals surface area (Å²) in [4.78, 5) is 0.